The van der Waals surface area contributed by atoms with Crippen molar-refractivity contribution < 1.29 is 4.79 Å². The normalized spacial score (nSPS) is 28.2. The maximum atomic E-state index is 11.4. The fourth-order valence-electron chi connectivity index (χ4n) is 2.18. The van der Waals surface area contributed by atoms with Crippen molar-refractivity contribution in [2.75, 3.05) is 7.05 Å². The average molecular weight is 181 g/mol. The van der Waals surface area contributed by atoms with Crippen molar-refractivity contribution in [2.45, 2.75) is 38.6 Å². The van der Waals surface area contributed by atoms with Gasteiger partial charge >= 0.3 is 0 Å². The van der Waals surface area contributed by atoms with E-state index in [0.717, 1.165) is 6.42 Å². The van der Waals surface area contributed by atoms with Gasteiger partial charge in [-0.05, 0) is 24.8 Å². The summed E-state index contributed by atoms with van der Waals surface area (Å²) in [5, 5.41) is 0. The summed E-state index contributed by atoms with van der Waals surface area (Å²) in [7, 11) is 1.89. The van der Waals surface area contributed by atoms with E-state index < -0.39 is 0 Å². The second-order valence-electron chi connectivity index (χ2n) is 3.98. The van der Waals surface area contributed by atoms with Gasteiger partial charge in [0, 0.05) is 13.1 Å². The number of rotatable bonds is 2. The van der Waals surface area contributed by atoms with Crippen molar-refractivity contribution in [3.8, 4) is 0 Å². The second kappa shape index (κ2) is 4.45. The molecule has 0 saturated heterocycles. The Morgan fingerprint density at radius 3 is 2.62 bits per heavy atom. The Hall–Kier alpha value is -0.790. The van der Waals surface area contributed by atoms with Crippen molar-refractivity contribution in [1.82, 2.24) is 4.90 Å². The Morgan fingerprint density at radius 2 is 2.08 bits per heavy atom. The maximum absolute atomic E-state index is 11.4. The molecule has 74 valence electrons. The van der Waals surface area contributed by atoms with Crippen LogP contribution >= 0.6 is 0 Å². The number of likely N-dealkylation sites (N-methyl/N-ethyl adjacent to an activating group) is 1. The van der Waals surface area contributed by atoms with Gasteiger partial charge in [-0.2, -0.15) is 0 Å². The molecule has 1 saturated carbocycles. The summed E-state index contributed by atoms with van der Waals surface area (Å²) in [4.78, 5) is 13.2. The summed E-state index contributed by atoms with van der Waals surface area (Å²) < 4.78 is 0. The fourth-order valence-corrected chi connectivity index (χ4v) is 2.18. The minimum absolute atomic E-state index is 0.0544. The Morgan fingerprint density at radius 1 is 1.46 bits per heavy atom. The van der Waals surface area contributed by atoms with Crippen LogP contribution in [0.1, 0.15) is 32.6 Å². The molecule has 1 aliphatic carbocycles. The van der Waals surface area contributed by atoms with E-state index in [9.17, 15) is 4.79 Å². The summed E-state index contributed by atoms with van der Waals surface area (Å²) in [5.74, 6) is 0.696. The van der Waals surface area contributed by atoms with E-state index in [2.05, 4.69) is 13.5 Å². The molecule has 0 N–H and O–H groups in total. The van der Waals surface area contributed by atoms with E-state index in [4.69, 9.17) is 0 Å². The largest absolute Gasteiger partial charge is 0.339 e. The van der Waals surface area contributed by atoms with Crippen LogP contribution < -0.4 is 0 Å². The van der Waals surface area contributed by atoms with E-state index in [0.29, 0.717) is 12.0 Å². The number of carbonyl (C=O) groups excluding carboxylic acids is 1. The van der Waals surface area contributed by atoms with Crippen LogP contribution in [0.15, 0.2) is 12.7 Å². The lowest BCUT2D eigenvalue weighted by atomic mass is 9.85. The monoisotopic (exact) mass is 181 g/mol. The number of amides is 1. The molecule has 1 fully saturated rings. The van der Waals surface area contributed by atoms with Gasteiger partial charge in [-0.1, -0.05) is 26.3 Å². The van der Waals surface area contributed by atoms with Crippen LogP contribution in [0.3, 0.4) is 0 Å². The van der Waals surface area contributed by atoms with Crippen LogP contribution in [0.4, 0.5) is 0 Å². The van der Waals surface area contributed by atoms with Gasteiger partial charge in [0.2, 0.25) is 5.91 Å². The third-order valence-corrected chi connectivity index (χ3v) is 3.09. The van der Waals surface area contributed by atoms with E-state index >= 15 is 0 Å². The van der Waals surface area contributed by atoms with Gasteiger partial charge in [0.15, 0.2) is 0 Å². The highest BCUT2D eigenvalue weighted by atomic mass is 16.2. The molecule has 0 aromatic heterocycles. The standard InChI is InChI=1S/C11H19NO/c1-4-11(13)12(3)10-8-6-5-7-9(10)2/h4,9-10H,1,5-8H2,2-3H3. The van der Waals surface area contributed by atoms with Crippen LogP contribution in [0.25, 0.3) is 0 Å². The summed E-state index contributed by atoms with van der Waals surface area (Å²) in [6, 6.07) is 0.430. The molecule has 0 aliphatic heterocycles. The van der Waals surface area contributed by atoms with Crippen molar-refractivity contribution >= 4 is 5.91 Å². The van der Waals surface area contributed by atoms with Gasteiger partial charge in [-0.3, -0.25) is 4.79 Å². The maximum Gasteiger partial charge on any atom is 0.245 e. The van der Waals surface area contributed by atoms with Gasteiger partial charge < -0.3 is 4.90 Å². The molecule has 2 unspecified atom stereocenters. The Bertz CT molecular complexity index is 200. The molecule has 1 rings (SSSR count). The zero-order valence-electron chi connectivity index (χ0n) is 8.62. The van der Waals surface area contributed by atoms with Gasteiger partial charge in [-0.15, -0.1) is 0 Å². The smallest absolute Gasteiger partial charge is 0.245 e. The first-order valence-corrected chi connectivity index (χ1v) is 5.06. The van der Waals surface area contributed by atoms with E-state index in [1.807, 2.05) is 11.9 Å². The quantitative estimate of drug-likeness (QED) is 0.598. The summed E-state index contributed by atoms with van der Waals surface area (Å²) in [6.07, 6.45) is 6.37. The second-order valence-corrected chi connectivity index (χ2v) is 3.98. The van der Waals surface area contributed by atoms with Crippen molar-refractivity contribution in [1.29, 1.82) is 0 Å². The highest BCUT2D eigenvalue weighted by molar-refractivity contribution is 5.87. The lowest BCUT2D eigenvalue weighted by Gasteiger charge is -2.35. The van der Waals surface area contributed by atoms with Crippen LogP contribution in [-0.4, -0.2) is 23.9 Å². The number of carbonyl (C=O) groups is 1. The van der Waals surface area contributed by atoms with Crippen molar-refractivity contribution in [3.05, 3.63) is 12.7 Å². The molecule has 0 aromatic carbocycles. The molecule has 1 amide bonds. The predicted molar refractivity (Wildman–Crippen MR) is 54.4 cm³/mol. The predicted octanol–water partition coefficient (Wildman–Crippen LogP) is 2.21. The Balaban J connectivity index is 2.57. The van der Waals surface area contributed by atoms with Crippen molar-refractivity contribution in [3.63, 3.8) is 0 Å². The number of hydrogen-bond acceptors (Lipinski definition) is 1. The van der Waals surface area contributed by atoms with Gasteiger partial charge in [0.05, 0.1) is 0 Å². The fraction of sp³-hybridized carbons (Fsp3) is 0.727. The van der Waals surface area contributed by atoms with Crippen molar-refractivity contribution in [2.24, 2.45) is 5.92 Å². The first-order chi connectivity index (χ1) is 6.16. The molecule has 0 heterocycles. The molecular formula is C11H19NO. The highest BCUT2D eigenvalue weighted by Crippen LogP contribution is 2.27. The summed E-state index contributed by atoms with van der Waals surface area (Å²) >= 11 is 0. The first-order valence-electron chi connectivity index (χ1n) is 5.06. The first kappa shape index (κ1) is 10.3. The molecule has 0 bridgehead atoms. The van der Waals surface area contributed by atoms with Crippen LogP contribution in [0, 0.1) is 5.92 Å². The van der Waals surface area contributed by atoms with Gasteiger partial charge in [0.25, 0.3) is 0 Å². The molecule has 0 spiro atoms. The van der Waals surface area contributed by atoms with Gasteiger partial charge in [0.1, 0.15) is 0 Å². The zero-order valence-corrected chi connectivity index (χ0v) is 8.62. The molecule has 13 heavy (non-hydrogen) atoms. The third-order valence-electron chi connectivity index (χ3n) is 3.09. The molecule has 2 atom stereocenters. The van der Waals surface area contributed by atoms with Gasteiger partial charge in [-0.25, -0.2) is 0 Å². The van der Waals surface area contributed by atoms with Crippen LogP contribution in [0.2, 0.25) is 0 Å². The Kier molecular flexibility index (Phi) is 3.52. The molecule has 2 heteroatoms. The highest BCUT2D eigenvalue weighted by Gasteiger charge is 2.26. The Labute approximate surface area is 80.6 Å². The lowest BCUT2D eigenvalue weighted by molar-refractivity contribution is -0.128. The summed E-state index contributed by atoms with van der Waals surface area (Å²) in [5.41, 5.74) is 0. The van der Waals surface area contributed by atoms with E-state index in [1.54, 1.807) is 0 Å². The third kappa shape index (κ3) is 2.33. The van der Waals surface area contributed by atoms with E-state index in [1.165, 1.54) is 25.3 Å². The minimum atomic E-state index is 0.0544. The number of hydrogen-bond donors (Lipinski definition) is 0. The molecule has 1 aliphatic rings. The van der Waals surface area contributed by atoms with Crippen LogP contribution in [-0.2, 0) is 4.79 Å². The lowest BCUT2D eigenvalue weighted by Crippen LogP contribution is -2.41. The SMILES string of the molecule is C=CC(=O)N(C)C1CCCCC1C. The number of nitrogens with zero attached hydrogens (tertiary/aromatic N) is 1. The molecular weight excluding hydrogens is 162 g/mol. The van der Waals surface area contributed by atoms with Crippen LogP contribution in [0.5, 0.6) is 0 Å². The molecule has 0 radical (unpaired) electrons. The summed E-state index contributed by atoms with van der Waals surface area (Å²) in [6.45, 7) is 5.74. The molecule has 2 nitrogen and oxygen atoms in total. The minimum Gasteiger partial charge on any atom is -0.339 e. The average Bonchev–Trinajstić information content (AvgIpc) is 2.16. The van der Waals surface area contributed by atoms with E-state index in [-0.39, 0.29) is 5.91 Å². The molecule has 0 aromatic rings. The zero-order chi connectivity index (χ0) is 9.84. The topological polar surface area (TPSA) is 20.3 Å².